The largest absolute Gasteiger partial charge is 0.497 e. The fourth-order valence-corrected chi connectivity index (χ4v) is 4.53. The van der Waals surface area contributed by atoms with Crippen LogP contribution in [0.2, 0.25) is 0 Å². The predicted octanol–water partition coefficient (Wildman–Crippen LogP) is 1.46. The molecule has 2 heterocycles. The topological polar surface area (TPSA) is 72.8 Å². The third-order valence-electron chi connectivity index (χ3n) is 4.21. The molecule has 1 fully saturated rings. The molecular formula is C14H18O5S. The molecule has 20 heavy (non-hydrogen) atoms. The molecule has 0 unspecified atom stereocenters. The molecule has 1 aromatic rings. The molecule has 1 saturated heterocycles. The van der Waals surface area contributed by atoms with Gasteiger partial charge in [-0.05, 0) is 18.2 Å². The summed E-state index contributed by atoms with van der Waals surface area (Å²) in [4.78, 5) is 0. The summed E-state index contributed by atoms with van der Waals surface area (Å²) in [5, 5.41) is 10.3. The van der Waals surface area contributed by atoms with Crippen molar-refractivity contribution in [1.82, 2.24) is 0 Å². The van der Waals surface area contributed by atoms with E-state index in [0.29, 0.717) is 36.3 Å². The van der Waals surface area contributed by atoms with Gasteiger partial charge in [0.1, 0.15) is 17.1 Å². The van der Waals surface area contributed by atoms with Crippen LogP contribution in [-0.2, 0) is 9.84 Å². The molecule has 1 atom stereocenters. The summed E-state index contributed by atoms with van der Waals surface area (Å²) in [5.74, 6) is 1.56. The van der Waals surface area contributed by atoms with E-state index in [4.69, 9.17) is 9.47 Å². The van der Waals surface area contributed by atoms with Gasteiger partial charge in [0, 0.05) is 24.8 Å². The Kier molecular flexibility index (Phi) is 3.17. The zero-order chi connectivity index (χ0) is 14.4. The minimum absolute atomic E-state index is 0.130. The molecule has 0 bridgehead atoms. The average molecular weight is 298 g/mol. The lowest BCUT2D eigenvalue weighted by atomic mass is 9.84. The van der Waals surface area contributed by atoms with Gasteiger partial charge < -0.3 is 14.6 Å². The first kappa shape index (κ1) is 13.7. The minimum Gasteiger partial charge on any atom is -0.497 e. The first-order chi connectivity index (χ1) is 9.43. The van der Waals surface area contributed by atoms with Gasteiger partial charge in [-0.2, -0.15) is 0 Å². The highest BCUT2D eigenvalue weighted by atomic mass is 32.2. The number of benzene rings is 1. The van der Waals surface area contributed by atoms with E-state index in [1.165, 1.54) is 0 Å². The van der Waals surface area contributed by atoms with Crippen LogP contribution in [0.25, 0.3) is 0 Å². The summed E-state index contributed by atoms with van der Waals surface area (Å²) in [6, 6.07) is 5.33. The highest BCUT2D eigenvalue weighted by Gasteiger charge is 2.44. The Hall–Kier alpha value is -1.27. The highest BCUT2D eigenvalue weighted by molar-refractivity contribution is 7.91. The Morgan fingerprint density at radius 2 is 2.05 bits per heavy atom. The number of ether oxygens (including phenoxy) is 2. The van der Waals surface area contributed by atoms with Gasteiger partial charge >= 0.3 is 0 Å². The van der Waals surface area contributed by atoms with Crippen molar-refractivity contribution in [3.05, 3.63) is 23.8 Å². The standard InChI is InChI=1S/C14H18O5S/c1-18-10-2-3-13-11(8-10)12(15)9-14(19-13)4-6-20(16,17)7-5-14/h2-3,8,12,15H,4-7,9H2,1H3/t12-/m0/s1. The molecular weight excluding hydrogens is 280 g/mol. The fourth-order valence-electron chi connectivity index (χ4n) is 2.96. The summed E-state index contributed by atoms with van der Waals surface area (Å²) in [5.41, 5.74) is 0.162. The second kappa shape index (κ2) is 4.63. The summed E-state index contributed by atoms with van der Waals surface area (Å²) in [6.45, 7) is 0. The number of sulfone groups is 1. The van der Waals surface area contributed by atoms with Crippen molar-refractivity contribution in [2.45, 2.75) is 31.0 Å². The summed E-state index contributed by atoms with van der Waals surface area (Å²) in [6.07, 6.45) is 0.674. The molecule has 2 aliphatic rings. The van der Waals surface area contributed by atoms with Crippen LogP contribution in [0.15, 0.2) is 18.2 Å². The third-order valence-corrected chi connectivity index (χ3v) is 5.86. The molecule has 5 nitrogen and oxygen atoms in total. The average Bonchev–Trinajstić information content (AvgIpc) is 2.43. The molecule has 110 valence electrons. The van der Waals surface area contributed by atoms with Crippen molar-refractivity contribution in [1.29, 1.82) is 0 Å². The molecule has 1 spiro atoms. The number of hydrogen-bond acceptors (Lipinski definition) is 5. The van der Waals surface area contributed by atoms with Gasteiger partial charge in [0.05, 0.1) is 24.7 Å². The van der Waals surface area contributed by atoms with Crippen LogP contribution in [0, 0.1) is 0 Å². The van der Waals surface area contributed by atoms with Gasteiger partial charge in [-0.15, -0.1) is 0 Å². The molecule has 0 amide bonds. The van der Waals surface area contributed by atoms with Crippen molar-refractivity contribution < 1.29 is 23.0 Å². The number of aliphatic hydroxyl groups excluding tert-OH is 1. The maximum atomic E-state index is 11.6. The van der Waals surface area contributed by atoms with Gasteiger partial charge in [-0.3, -0.25) is 0 Å². The van der Waals surface area contributed by atoms with Crippen molar-refractivity contribution >= 4 is 9.84 Å². The second-order valence-corrected chi connectivity index (χ2v) is 7.86. The molecule has 1 aromatic carbocycles. The maximum Gasteiger partial charge on any atom is 0.150 e. The lowest BCUT2D eigenvalue weighted by molar-refractivity contribution is -0.0209. The van der Waals surface area contributed by atoms with Gasteiger partial charge in [0.2, 0.25) is 0 Å². The van der Waals surface area contributed by atoms with Gasteiger partial charge in [0.25, 0.3) is 0 Å². The molecule has 0 aliphatic carbocycles. The van der Waals surface area contributed by atoms with E-state index in [0.717, 1.165) is 0 Å². The van der Waals surface area contributed by atoms with Crippen LogP contribution in [0.1, 0.15) is 30.9 Å². The smallest absolute Gasteiger partial charge is 0.150 e. The summed E-state index contributed by atoms with van der Waals surface area (Å²) >= 11 is 0. The highest BCUT2D eigenvalue weighted by Crippen LogP contribution is 2.45. The lowest BCUT2D eigenvalue weighted by Gasteiger charge is -2.43. The normalized spacial score (nSPS) is 26.6. The first-order valence-corrected chi connectivity index (χ1v) is 8.51. The number of aliphatic hydroxyl groups is 1. The number of rotatable bonds is 1. The van der Waals surface area contributed by atoms with Crippen LogP contribution < -0.4 is 9.47 Å². The molecule has 0 saturated carbocycles. The number of hydrogen-bond donors (Lipinski definition) is 1. The Morgan fingerprint density at radius 3 is 2.70 bits per heavy atom. The zero-order valence-electron chi connectivity index (χ0n) is 11.3. The second-order valence-electron chi connectivity index (χ2n) is 5.56. The molecule has 3 rings (SSSR count). The van der Waals surface area contributed by atoms with E-state index in [1.54, 1.807) is 25.3 Å². The van der Waals surface area contributed by atoms with Crippen LogP contribution in [-0.4, -0.2) is 37.7 Å². The molecule has 6 heteroatoms. The van der Waals surface area contributed by atoms with E-state index in [1.807, 2.05) is 0 Å². The SMILES string of the molecule is COc1ccc2c(c1)[C@@H](O)CC1(CCS(=O)(=O)CC1)O2. The van der Waals surface area contributed by atoms with E-state index < -0.39 is 21.5 Å². The van der Waals surface area contributed by atoms with Crippen LogP contribution >= 0.6 is 0 Å². The predicted molar refractivity (Wildman–Crippen MR) is 73.8 cm³/mol. The Balaban J connectivity index is 1.89. The minimum atomic E-state index is -2.95. The van der Waals surface area contributed by atoms with E-state index in [-0.39, 0.29) is 11.5 Å². The van der Waals surface area contributed by atoms with Gasteiger partial charge in [-0.1, -0.05) is 0 Å². The number of fused-ring (bicyclic) bond motifs is 1. The van der Waals surface area contributed by atoms with Crippen LogP contribution in [0.5, 0.6) is 11.5 Å². The maximum absolute atomic E-state index is 11.6. The van der Waals surface area contributed by atoms with E-state index >= 15 is 0 Å². The summed E-state index contributed by atoms with van der Waals surface area (Å²) < 4.78 is 34.3. The molecule has 0 radical (unpaired) electrons. The lowest BCUT2D eigenvalue weighted by Crippen LogP contribution is -2.47. The molecule has 1 N–H and O–H groups in total. The van der Waals surface area contributed by atoms with Gasteiger partial charge in [0.15, 0.2) is 9.84 Å². The summed E-state index contributed by atoms with van der Waals surface area (Å²) in [7, 11) is -1.37. The Bertz CT molecular complexity index is 608. The third kappa shape index (κ3) is 2.38. The fraction of sp³-hybridized carbons (Fsp3) is 0.571. The van der Waals surface area contributed by atoms with E-state index in [2.05, 4.69) is 0 Å². The van der Waals surface area contributed by atoms with Crippen molar-refractivity contribution in [3.8, 4) is 11.5 Å². The van der Waals surface area contributed by atoms with Gasteiger partial charge in [-0.25, -0.2) is 8.42 Å². The molecule has 0 aromatic heterocycles. The quantitative estimate of drug-likeness (QED) is 0.849. The Morgan fingerprint density at radius 1 is 1.35 bits per heavy atom. The monoisotopic (exact) mass is 298 g/mol. The van der Waals surface area contributed by atoms with E-state index in [9.17, 15) is 13.5 Å². The van der Waals surface area contributed by atoms with Crippen molar-refractivity contribution in [2.75, 3.05) is 18.6 Å². The first-order valence-electron chi connectivity index (χ1n) is 6.69. The van der Waals surface area contributed by atoms with Crippen LogP contribution in [0.3, 0.4) is 0 Å². The van der Waals surface area contributed by atoms with Crippen LogP contribution in [0.4, 0.5) is 0 Å². The van der Waals surface area contributed by atoms with Crippen molar-refractivity contribution in [3.63, 3.8) is 0 Å². The van der Waals surface area contributed by atoms with Crippen molar-refractivity contribution in [2.24, 2.45) is 0 Å². The number of methoxy groups -OCH3 is 1. The zero-order valence-corrected chi connectivity index (χ0v) is 12.1. The Labute approximate surface area is 118 Å². The molecule has 2 aliphatic heterocycles.